The van der Waals surface area contributed by atoms with Crippen molar-refractivity contribution >= 4 is 11.6 Å². The summed E-state index contributed by atoms with van der Waals surface area (Å²) in [4.78, 5) is 24.3. The fourth-order valence-electron chi connectivity index (χ4n) is 2.44. The zero-order valence-electron chi connectivity index (χ0n) is 11.5. The molecule has 0 aromatic heterocycles. The summed E-state index contributed by atoms with van der Waals surface area (Å²) in [6.07, 6.45) is 2.23. The lowest BCUT2D eigenvalue weighted by molar-refractivity contribution is -0.384. The van der Waals surface area contributed by atoms with Crippen LogP contribution in [0, 0.1) is 10.1 Å². The summed E-state index contributed by atoms with van der Waals surface area (Å²) in [5.41, 5.74) is 0.498. The lowest BCUT2D eigenvalue weighted by Gasteiger charge is -2.24. The van der Waals surface area contributed by atoms with Gasteiger partial charge in [0.2, 0.25) is 0 Å². The maximum absolute atomic E-state index is 12.4. The van der Waals surface area contributed by atoms with Gasteiger partial charge in [-0.15, -0.1) is 0 Å². The number of benzene rings is 1. The largest absolute Gasteiger partial charge is 0.337 e. The third-order valence-electron chi connectivity index (χ3n) is 3.60. The second-order valence-corrected chi connectivity index (χ2v) is 4.94. The van der Waals surface area contributed by atoms with E-state index in [1.807, 2.05) is 6.92 Å². The molecule has 1 atom stereocenters. The molecule has 6 heteroatoms. The van der Waals surface area contributed by atoms with Crippen molar-refractivity contribution in [2.24, 2.45) is 0 Å². The molecule has 0 spiro atoms. The Bertz CT molecular complexity index is 481. The fourth-order valence-corrected chi connectivity index (χ4v) is 2.44. The molecule has 1 saturated heterocycles. The number of nitro benzene ring substituents is 1. The molecule has 1 N–H and O–H groups in total. The molecule has 1 aliphatic heterocycles. The Labute approximate surface area is 117 Å². The number of nitrogens with zero attached hydrogens (tertiary/aromatic N) is 2. The van der Waals surface area contributed by atoms with E-state index in [9.17, 15) is 14.9 Å². The highest BCUT2D eigenvalue weighted by Crippen LogP contribution is 2.15. The topological polar surface area (TPSA) is 75.5 Å². The van der Waals surface area contributed by atoms with Crippen LogP contribution in [0.3, 0.4) is 0 Å². The van der Waals surface area contributed by atoms with E-state index in [0.717, 1.165) is 19.4 Å². The first-order valence-electron chi connectivity index (χ1n) is 6.89. The van der Waals surface area contributed by atoms with E-state index in [1.165, 1.54) is 24.3 Å². The molecule has 108 valence electrons. The number of hydrogen-bond acceptors (Lipinski definition) is 4. The quantitative estimate of drug-likeness (QED) is 0.658. The molecule has 0 aliphatic carbocycles. The molecule has 1 heterocycles. The Morgan fingerprint density at radius 2 is 2.15 bits per heavy atom. The number of nitrogens with one attached hydrogen (secondary N) is 1. The van der Waals surface area contributed by atoms with Crippen LogP contribution in [-0.4, -0.2) is 41.4 Å². The van der Waals surface area contributed by atoms with Crippen LogP contribution in [0.25, 0.3) is 0 Å². The van der Waals surface area contributed by atoms with Crippen molar-refractivity contribution in [3.05, 3.63) is 39.9 Å². The molecule has 1 fully saturated rings. The van der Waals surface area contributed by atoms with Gasteiger partial charge in [0, 0.05) is 36.8 Å². The lowest BCUT2D eigenvalue weighted by Crippen LogP contribution is -2.41. The van der Waals surface area contributed by atoms with Gasteiger partial charge in [-0.2, -0.15) is 0 Å². The number of hydrogen-bond donors (Lipinski definition) is 1. The highest BCUT2D eigenvalue weighted by atomic mass is 16.6. The summed E-state index contributed by atoms with van der Waals surface area (Å²) in [5.74, 6) is -0.0731. The Hall–Kier alpha value is -1.95. The summed E-state index contributed by atoms with van der Waals surface area (Å²) in [5, 5.41) is 14.0. The molecule has 0 radical (unpaired) electrons. The van der Waals surface area contributed by atoms with Gasteiger partial charge in [0.15, 0.2) is 0 Å². The van der Waals surface area contributed by atoms with E-state index in [0.29, 0.717) is 24.7 Å². The first-order valence-corrected chi connectivity index (χ1v) is 6.89. The molecule has 1 amide bonds. The van der Waals surface area contributed by atoms with Crippen LogP contribution in [0.5, 0.6) is 0 Å². The number of carbonyl (C=O) groups excluding carboxylic acids is 1. The second kappa shape index (κ2) is 6.47. The van der Waals surface area contributed by atoms with Crippen molar-refractivity contribution in [2.45, 2.75) is 25.8 Å². The van der Waals surface area contributed by atoms with Crippen molar-refractivity contribution in [3.8, 4) is 0 Å². The first kappa shape index (κ1) is 14.5. The smallest absolute Gasteiger partial charge is 0.269 e. The zero-order valence-corrected chi connectivity index (χ0v) is 11.5. The second-order valence-electron chi connectivity index (χ2n) is 4.94. The van der Waals surface area contributed by atoms with Gasteiger partial charge in [0.1, 0.15) is 0 Å². The van der Waals surface area contributed by atoms with E-state index in [4.69, 9.17) is 0 Å². The van der Waals surface area contributed by atoms with Crippen molar-refractivity contribution in [1.82, 2.24) is 10.2 Å². The van der Waals surface area contributed by atoms with E-state index < -0.39 is 4.92 Å². The zero-order chi connectivity index (χ0) is 14.5. The number of amides is 1. The number of non-ortho nitro benzene ring substituents is 1. The third-order valence-corrected chi connectivity index (χ3v) is 3.60. The van der Waals surface area contributed by atoms with Crippen LogP contribution in [0.2, 0.25) is 0 Å². The Kier molecular flexibility index (Phi) is 4.68. The number of nitro groups is 1. The van der Waals surface area contributed by atoms with Gasteiger partial charge in [-0.1, -0.05) is 0 Å². The van der Waals surface area contributed by atoms with Gasteiger partial charge in [-0.05, 0) is 38.4 Å². The van der Waals surface area contributed by atoms with Crippen LogP contribution >= 0.6 is 0 Å². The highest BCUT2D eigenvalue weighted by Gasteiger charge is 2.21. The fraction of sp³-hybridized carbons (Fsp3) is 0.500. The predicted molar refractivity (Wildman–Crippen MR) is 75.7 cm³/mol. The summed E-state index contributed by atoms with van der Waals surface area (Å²) >= 11 is 0. The van der Waals surface area contributed by atoms with Crippen LogP contribution in [0.15, 0.2) is 24.3 Å². The minimum atomic E-state index is -0.464. The standard InChI is InChI=1S/C14H19N3O3/c1-2-16(10-12-4-3-9-15-12)14(18)11-5-7-13(8-6-11)17(19)20/h5-8,12,15H,2-4,9-10H2,1H3. The third kappa shape index (κ3) is 3.33. The first-order chi connectivity index (χ1) is 9.61. The molecular weight excluding hydrogens is 258 g/mol. The van der Waals surface area contributed by atoms with Crippen LogP contribution < -0.4 is 5.32 Å². The minimum Gasteiger partial charge on any atom is -0.337 e. The van der Waals surface area contributed by atoms with E-state index in [2.05, 4.69) is 5.32 Å². The van der Waals surface area contributed by atoms with Crippen LogP contribution in [0.1, 0.15) is 30.1 Å². The van der Waals surface area contributed by atoms with Gasteiger partial charge in [0.25, 0.3) is 11.6 Å². The molecule has 1 aliphatic rings. The van der Waals surface area contributed by atoms with Crippen molar-refractivity contribution in [3.63, 3.8) is 0 Å². The van der Waals surface area contributed by atoms with Crippen molar-refractivity contribution in [1.29, 1.82) is 0 Å². The molecule has 0 bridgehead atoms. The number of carbonyl (C=O) groups is 1. The highest BCUT2D eigenvalue weighted by molar-refractivity contribution is 5.94. The van der Waals surface area contributed by atoms with E-state index in [-0.39, 0.29) is 11.6 Å². The number of rotatable bonds is 5. The summed E-state index contributed by atoms with van der Waals surface area (Å²) in [6.45, 7) is 4.27. The maximum Gasteiger partial charge on any atom is 0.269 e. The maximum atomic E-state index is 12.4. The van der Waals surface area contributed by atoms with E-state index >= 15 is 0 Å². The molecule has 1 aromatic rings. The van der Waals surface area contributed by atoms with Gasteiger partial charge in [-0.25, -0.2) is 0 Å². The average molecular weight is 277 g/mol. The summed E-state index contributed by atoms with van der Waals surface area (Å²) < 4.78 is 0. The van der Waals surface area contributed by atoms with Gasteiger partial charge in [0.05, 0.1) is 4.92 Å². The Morgan fingerprint density at radius 3 is 2.65 bits per heavy atom. The molecule has 1 unspecified atom stereocenters. The normalized spacial score (nSPS) is 17.9. The predicted octanol–water partition coefficient (Wildman–Crippen LogP) is 1.81. The molecule has 0 saturated carbocycles. The SMILES string of the molecule is CCN(CC1CCCN1)C(=O)c1ccc([N+](=O)[O-])cc1. The Balaban J connectivity index is 2.05. The van der Waals surface area contributed by atoms with Gasteiger partial charge in [-0.3, -0.25) is 14.9 Å². The van der Waals surface area contributed by atoms with Crippen LogP contribution in [-0.2, 0) is 0 Å². The summed E-state index contributed by atoms with van der Waals surface area (Å²) in [6, 6.07) is 6.14. The van der Waals surface area contributed by atoms with Gasteiger partial charge >= 0.3 is 0 Å². The van der Waals surface area contributed by atoms with Crippen molar-refractivity contribution in [2.75, 3.05) is 19.6 Å². The average Bonchev–Trinajstić information content (AvgIpc) is 2.97. The molecule has 2 rings (SSSR count). The molecule has 6 nitrogen and oxygen atoms in total. The molecular formula is C14H19N3O3. The summed E-state index contributed by atoms with van der Waals surface area (Å²) in [7, 11) is 0. The Morgan fingerprint density at radius 1 is 1.45 bits per heavy atom. The van der Waals surface area contributed by atoms with Gasteiger partial charge < -0.3 is 10.2 Å². The van der Waals surface area contributed by atoms with Crippen LogP contribution in [0.4, 0.5) is 5.69 Å². The monoisotopic (exact) mass is 277 g/mol. The molecule has 20 heavy (non-hydrogen) atoms. The van der Waals surface area contributed by atoms with E-state index in [1.54, 1.807) is 4.90 Å². The minimum absolute atomic E-state index is 0.00191. The van der Waals surface area contributed by atoms with Crippen molar-refractivity contribution < 1.29 is 9.72 Å². The number of likely N-dealkylation sites (N-methyl/N-ethyl adjacent to an activating group) is 1. The lowest BCUT2D eigenvalue weighted by atomic mass is 10.1. The molecule has 1 aromatic carbocycles.